The molecule has 2 heterocycles. The van der Waals surface area contributed by atoms with Crippen molar-refractivity contribution in [3.8, 4) is 11.1 Å². The van der Waals surface area contributed by atoms with E-state index in [2.05, 4.69) is 9.97 Å². The van der Waals surface area contributed by atoms with Gasteiger partial charge in [0.25, 0.3) is 5.91 Å². The van der Waals surface area contributed by atoms with Crippen LogP contribution in [-0.4, -0.2) is 50.5 Å². The lowest BCUT2D eigenvalue weighted by molar-refractivity contribution is -0.133. The van der Waals surface area contributed by atoms with Crippen LogP contribution in [0.3, 0.4) is 0 Å². The van der Waals surface area contributed by atoms with E-state index in [-0.39, 0.29) is 17.9 Å². The molecule has 0 saturated heterocycles. The summed E-state index contributed by atoms with van der Waals surface area (Å²) in [5, 5.41) is 12.0. The third kappa shape index (κ3) is 5.54. The Morgan fingerprint density at radius 2 is 1.81 bits per heavy atom. The van der Waals surface area contributed by atoms with E-state index in [4.69, 9.17) is 0 Å². The summed E-state index contributed by atoms with van der Waals surface area (Å²) in [4.78, 5) is 31.4. The van der Waals surface area contributed by atoms with E-state index in [0.29, 0.717) is 16.8 Å². The number of amides is 1. The Balaban J connectivity index is 1.67. The summed E-state index contributed by atoms with van der Waals surface area (Å²) in [6, 6.07) is 8.07. The number of ketones is 1. The number of halogens is 3. The third-order valence-electron chi connectivity index (χ3n) is 4.59. The maximum atomic E-state index is 13.1. The van der Waals surface area contributed by atoms with E-state index in [0.717, 1.165) is 0 Å². The first-order chi connectivity index (χ1) is 14.9. The molecular weight excluding hydrogens is 413 g/mol. The first-order valence-electron chi connectivity index (χ1n) is 9.27. The number of benzene rings is 1. The van der Waals surface area contributed by atoms with Crippen LogP contribution >= 0.6 is 0 Å². The van der Waals surface area contributed by atoms with Gasteiger partial charge in [0.2, 0.25) is 5.78 Å². The molecule has 2 N–H and O–H groups in total. The number of alkyl halides is 3. The molecule has 0 saturated carbocycles. The first kappa shape index (κ1) is 22.2. The third-order valence-corrected chi connectivity index (χ3v) is 4.59. The highest BCUT2D eigenvalue weighted by atomic mass is 19.3. The van der Waals surface area contributed by atoms with Gasteiger partial charge in [0.15, 0.2) is 0 Å². The van der Waals surface area contributed by atoms with Gasteiger partial charge in [-0.3, -0.25) is 14.6 Å². The van der Waals surface area contributed by atoms with Gasteiger partial charge < -0.3 is 15.0 Å². The van der Waals surface area contributed by atoms with E-state index < -0.39 is 31.2 Å². The molecule has 1 aromatic carbocycles. The van der Waals surface area contributed by atoms with Crippen molar-refractivity contribution < 1.29 is 27.9 Å². The molecule has 3 rings (SSSR count). The molecule has 0 radical (unpaired) electrons. The molecule has 162 valence electrons. The average molecular weight is 432 g/mol. The van der Waals surface area contributed by atoms with Crippen LogP contribution in [0.25, 0.3) is 11.1 Å². The summed E-state index contributed by atoms with van der Waals surface area (Å²) < 4.78 is 39.5. The van der Waals surface area contributed by atoms with Gasteiger partial charge >= 0.3 is 6.43 Å². The van der Waals surface area contributed by atoms with Crippen LogP contribution < -0.4 is 5.32 Å². The highest BCUT2D eigenvalue weighted by Gasteiger charge is 2.26. The van der Waals surface area contributed by atoms with Crippen LogP contribution in [0.15, 0.2) is 61.3 Å². The zero-order chi connectivity index (χ0) is 22.4. The summed E-state index contributed by atoms with van der Waals surface area (Å²) in [6.07, 6.45) is 1.52. The second kappa shape index (κ2) is 9.98. The van der Waals surface area contributed by atoms with Gasteiger partial charge in [0.1, 0.15) is 18.5 Å². The summed E-state index contributed by atoms with van der Waals surface area (Å²) in [5.41, 5.74) is 1.96. The lowest BCUT2D eigenvalue weighted by Crippen LogP contribution is -2.43. The zero-order valence-electron chi connectivity index (χ0n) is 16.2. The van der Waals surface area contributed by atoms with E-state index in [1.165, 1.54) is 24.7 Å². The monoisotopic (exact) mass is 432 g/mol. The van der Waals surface area contributed by atoms with Gasteiger partial charge in [-0.15, -0.1) is 0 Å². The standard InChI is InChI=1S/C21H19F3N4O3/c22-9-17(27-21(31)20(23)24)19(30)14-3-1-13(2-4-14)15-5-6-16(26-10-15)18(29)11-28-8-7-25-12-28/h1-8,10,12,17,19-20,30H,9,11H2,(H,27,31)/t17-,19-/m1/s1. The van der Waals surface area contributed by atoms with Crippen molar-refractivity contribution in [1.82, 2.24) is 19.9 Å². The van der Waals surface area contributed by atoms with Crippen LogP contribution in [-0.2, 0) is 11.3 Å². The molecule has 0 aliphatic rings. The fourth-order valence-corrected chi connectivity index (χ4v) is 2.91. The number of nitrogens with zero attached hydrogens (tertiary/aromatic N) is 3. The van der Waals surface area contributed by atoms with Gasteiger partial charge in [-0.05, 0) is 17.2 Å². The van der Waals surface area contributed by atoms with Crippen molar-refractivity contribution in [1.29, 1.82) is 0 Å². The van der Waals surface area contributed by atoms with Crippen LogP contribution in [0.4, 0.5) is 13.2 Å². The quantitative estimate of drug-likeness (QED) is 0.507. The number of nitrogens with one attached hydrogen (secondary N) is 1. The number of Topliss-reactive ketones (excluding diaryl/α,β-unsaturated/α-hetero) is 1. The minimum atomic E-state index is -3.30. The molecule has 0 aliphatic carbocycles. The van der Waals surface area contributed by atoms with E-state index in [9.17, 15) is 27.9 Å². The van der Waals surface area contributed by atoms with Gasteiger partial charge in [-0.2, -0.15) is 8.78 Å². The average Bonchev–Trinajstić information content (AvgIpc) is 3.30. The number of aliphatic hydroxyl groups is 1. The Hall–Kier alpha value is -3.53. The number of aromatic nitrogens is 3. The molecule has 3 aromatic rings. The summed E-state index contributed by atoms with van der Waals surface area (Å²) in [6.45, 7) is -1.09. The minimum Gasteiger partial charge on any atom is -0.386 e. The van der Waals surface area contributed by atoms with Crippen molar-refractivity contribution in [3.63, 3.8) is 0 Å². The fourth-order valence-electron chi connectivity index (χ4n) is 2.91. The molecule has 31 heavy (non-hydrogen) atoms. The first-order valence-corrected chi connectivity index (χ1v) is 9.27. The Morgan fingerprint density at radius 1 is 1.10 bits per heavy atom. The lowest BCUT2D eigenvalue weighted by atomic mass is 9.99. The number of pyridine rings is 1. The van der Waals surface area contributed by atoms with Crippen LogP contribution in [0, 0.1) is 0 Å². The van der Waals surface area contributed by atoms with Crippen LogP contribution in [0.2, 0.25) is 0 Å². The van der Waals surface area contributed by atoms with Crippen LogP contribution in [0.5, 0.6) is 0 Å². The molecule has 0 spiro atoms. The molecule has 0 fully saturated rings. The highest BCUT2D eigenvalue weighted by molar-refractivity contribution is 5.94. The predicted molar refractivity (Wildman–Crippen MR) is 105 cm³/mol. The van der Waals surface area contributed by atoms with Crippen molar-refractivity contribution >= 4 is 11.7 Å². The maximum absolute atomic E-state index is 13.1. The number of hydrogen-bond acceptors (Lipinski definition) is 5. The van der Waals surface area contributed by atoms with Gasteiger partial charge in [0, 0.05) is 24.2 Å². The minimum absolute atomic E-state index is 0.122. The lowest BCUT2D eigenvalue weighted by Gasteiger charge is -2.22. The molecule has 2 aromatic heterocycles. The number of aliphatic hydroxyl groups excluding tert-OH is 1. The Bertz CT molecular complexity index is 1010. The number of carbonyl (C=O) groups is 2. The zero-order valence-corrected chi connectivity index (χ0v) is 16.2. The molecule has 1 amide bonds. The molecule has 0 aliphatic heterocycles. The van der Waals surface area contributed by atoms with Gasteiger partial charge in [-0.1, -0.05) is 30.3 Å². The van der Waals surface area contributed by atoms with Gasteiger partial charge in [0.05, 0.1) is 18.9 Å². The number of imidazole rings is 1. The molecule has 2 atom stereocenters. The Kier molecular flexibility index (Phi) is 7.14. The van der Waals surface area contributed by atoms with Crippen molar-refractivity contribution in [2.45, 2.75) is 25.1 Å². The summed E-state index contributed by atoms with van der Waals surface area (Å²) in [7, 11) is 0. The van der Waals surface area contributed by atoms with Gasteiger partial charge in [-0.25, -0.2) is 9.37 Å². The molecule has 7 nitrogen and oxygen atoms in total. The fraction of sp³-hybridized carbons (Fsp3) is 0.238. The summed E-state index contributed by atoms with van der Waals surface area (Å²) in [5.74, 6) is -1.82. The van der Waals surface area contributed by atoms with Crippen molar-refractivity contribution in [2.24, 2.45) is 0 Å². The van der Waals surface area contributed by atoms with Crippen molar-refractivity contribution in [2.75, 3.05) is 6.67 Å². The predicted octanol–water partition coefficient (Wildman–Crippen LogP) is 2.58. The normalized spacial score (nSPS) is 13.1. The summed E-state index contributed by atoms with van der Waals surface area (Å²) >= 11 is 0. The Labute approximate surface area is 175 Å². The SMILES string of the molecule is O=C(Cn1ccnc1)c1ccc(-c2ccc([C@@H](O)[C@@H](CF)NC(=O)C(F)F)cc2)cn1. The Morgan fingerprint density at radius 3 is 2.35 bits per heavy atom. The molecular formula is C21H19F3N4O3. The topological polar surface area (TPSA) is 97.1 Å². The highest BCUT2D eigenvalue weighted by Crippen LogP contribution is 2.24. The smallest absolute Gasteiger partial charge is 0.315 e. The van der Waals surface area contributed by atoms with E-state index in [1.54, 1.807) is 46.5 Å². The van der Waals surface area contributed by atoms with Crippen molar-refractivity contribution in [3.05, 3.63) is 72.6 Å². The molecule has 10 heteroatoms. The second-order valence-electron chi connectivity index (χ2n) is 6.73. The number of rotatable bonds is 9. The number of hydrogen-bond donors (Lipinski definition) is 2. The van der Waals surface area contributed by atoms with E-state index in [1.807, 2.05) is 0 Å². The number of carbonyl (C=O) groups excluding carboxylic acids is 2. The second-order valence-corrected chi connectivity index (χ2v) is 6.73. The maximum Gasteiger partial charge on any atom is 0.315 e. The molecule has 0 bridgehead atoms. The van der Waals surface area contributed by atoms with Crippen LogP contribution in [0.1, 0.15) is 22.2 Å². The molecule has 0 unspecified atom stereocenters. The van der Waals surface area contributed by atoms with E-state index >= 15 is 0 Å². The largest absolute Gasteiger partial charge is 0.386 e.